The highest BCUT2D eigenvalue weighted by Gasteiger charge is 2.45. The Bertz CT molecular complexity index is 860. The van der Waals surface area contributed by atoms with Crippen molar-refractivity contribution in [2.75, 3.05) is 13.2 Å². The van der Waals surface area contributed by atoms with Gasteiger partial charge in [0.15, 0.2) is 0 Å². The van der Waals surface area contributed by atoms with E-state index in [2.05, 4.69) is 24.5 Å². The van der Waals surface area contributed by atoms with Gasteiger partial charge < -0.3 is 20.1 Å². The molecule has 0 aliphatic heterocycles. The summed E-state index contributed by atoms with van der Waals surface area (Å²) in [5.41, 5.74) is 0.717. The number of rotatable bonds is 9. The van der Waals surface area contributed by atoms with Gasteiger partial charge in [-0.2, -0.15) is 0 Å². The molecule has 0 radical (unpaired) electrons. The van der Waals surface area contributed by atoms with Crippen molar-refractivity contribution in [1.29, 1.82) is 0 Å². The molecule has 1 aromatic rings. The lowest BCUT2D eigenvalue weighted by atomic mass is 9.61. The number of nitrogens with one attached hydrogen (secondary N) is 2. The summed E-state index contributed by atoms with van der Waals surface area (Å²) in [7, 11) is 0. The first kappa shape index (κ1) is 25.8. The molecular formula is C27H38N2O5. The summed E-state index contributed by atoms with van der Waals surface area (Å²) >= 11 is 0. The van der Waals surface area contributed by atoms with Gasteiger partial charge in [-0.25, -0.2) is 9.59 Å². The van der Waals surface area contributed by atoms with Crippen molar-refractivity contribution in [2.24, 2.45) is 17.8 Å². The largest absolute Gasteiger partial charge is 0.463 e. The van der Waals surface area contributed by atoms with Crippen LogP contribution in [0.5, 0.6) is 5.75 Å². The highest BCUT2D eigenvalue weighted by Crippen LogP contribution is 2.47. The summed E-state index contributed by atoms with van der Waals surface area (Å²) in [4.78, 5) is 36.0. The number of esters is 2. The molecule has 34 heavy (non-hydrogen) atoms. The van der Waals surface area contributed by atoms with E-state index >= 15 is 0 Å². The molecule has 2 fully saturated rings. The number of fused-ring (bicyclic) bond motifs is 2. The minimum absolute atomic E-state index is 0.0827. The fourth-order valence-corrected chi connectivity index (χ4v) is 5.76. The van der Waals surface area contributed by atoms with Gasteiger partial charge in [0.05, 0.1) is 6.61 Å². The predicted molar refractivity (Wildman–Crippen MR) is 131 cm³/mol. The molecule has 2 atom stereocenters. The maximum absolute atomic E-state index is 12.5. The van der Waals surface area contributed by atoms with Crippen LogP contribution in [-0.4, -0.2) is 36.7 Å². The van der Waals surface area contributed by atoms with Crippen LogP contribution in [-0.2, 0) is 14.3 Å². The van der Waals surface area contributed by atoms with E-state index in [0.29, 0.717) is 43.1 Å². The molecule has 1 aromatic carbocycles. The van der Waals surface area contributed by atoms with Crippen LogP contribution >= 0.6 is 0 Å². The summed E-state index contributed by atoms with van der Waals surface area (Å²) in [5.74, 6) is 1.69. The molecule has 186 valence electrons. The van der Waals surface area contributed by atoms with E-state index in [0.717, 1.165) is 24.8 Å². The van der Waals surface area contributed by atoms with Crippen LogP contribution in [0.3, 0.4) is 0 Å². The SMILES string of the molecule is CCOC(=O)/C=C/c1ccc(OC(=O)CCCNC(=O)NC23CC(C)CC(CC(C)C2)C3)cc1. The van der Waals surface area contributed by atoms with Crippen LogP contribution in [0, 0.1) is 17.8 Å². The molecule has 7 nitrogen and oxygen atoms in total. The quantitative estimate of drug-likeness (QED) is 0.233. The molecule has 2 amide bonds. The second kappa shape index (κ2) is 12.0. The number of urea groups is 1. The number of carbonyl (C=O) groups is 3. The van der Waals surface area contributed by atoms with Crippen LogP contribution in [0.1, 0.15) is 71.3 Å². The Morgan fingerprint density at radius 3 is 2.38 bits per heavy atom. The van der Waals surface area contributed by atoms with Crippen molar-refractivity contribution in [3.63, 3.8) is 0 Å². The standard InChI is InChI=1S/C27H38N2O5/c1-4-33-24(30)12-9-21-7-10-23(11-8-21)34-25(31)6-5-13-28-26(32)29-27-16-19(2)14-22(18-27)15-20(3)17-27/h7-12,19-20,22H,4-6,13-18H2,1-3H3,(H2,28,29,32)/b12-9+. The first-order chi connectivity index (χ1) is 16.3. The number of amides is 2. The van der Waals surface area contributed by atoms with Gasteiger partial charge in [-0.1, -0.05) is 26.0 Å². The van der Waals surface area contributed by atoms with Crippen molar-refractivity contribution in [2.45, 2.75) is 71.3 Å². The van der Waals surface area contributed by atoms with Crippen molar-refractivity contribution in [3.05, 3.63) is 35.9 Å². The summed E-state index contributed by atoms with van der Waals surface area (Å²) in [6, 6.07) is 6.73. The van der Waals surface area contributed by atoms with Crippen LogP contribution in [0.25, 0.3) is 6.08 Å². The van der Waals surface area contributed by atoms with Gasteiger partial charge in [-0.3, -0.25) is 4.79 Å². The fourth-order valence-electron chi connectivity index (χ4n) is 5.76. The topological polar surface area (TPSA) is 93.7 Å². The third-order valence-electron chi connectivity index (χ3n) is 6.66. The van der Waals surface area contributed by atoms with E-state index in [4.69, 9.17) is 9.47 Å². The first-order valence-corrected chi connectivity index (χ1v) is 12.5. The van der Waals surface area contributed by atoms with E-state index in [-0.39, 0.29) is 24.0 Å². The van der Waals surface area contributed by atoms with Gasteiger partial charge in [0, 0.05) is 24.6 Å². The number of carbonyl (C=O) groups excluding carboxylic acids is 3. The lowest BCUT2D eigenvalue weighted by Gasteiger charge is -2.50. The van der Waals surface area contributed by atoms with Gasteiger partial charge >= 0.3 is 18.0 Å². The predicted octanol–water partition coefficient (Wildman–Crippen LogP) is 4.85. The Balaban J connectivity index is 1.36. The molecule has 2 aliphatic carbocycles. The zero-order valence-corrected chi connectivity index (χ0v) is 20.6. The van der Waals surface area contributed by atoms with Gasteiger partial charge in [0.2, 0.25) is 0 Å². The Kier molecular flexibility index (Phi) is 9.13. The van der Waals surface area contributed by atoms with E-state index in [1.165, 1.54) is 18.9 Å². The van der Waals surface area contributed by atoms with Crippen LogP contribution in [0.4, 0.5) is 4.79 Å². The molecule has 7 heteroatoms. The Labute approximate surface area is 202 Å². The molecule has 2 bridgehead atoms. The number of benzene rings is 1. The average molecular weight is 471 g/mol. The summed E-state index contributed by atoms with van der Waals surface area (Å²) in [5, 5.41) is 6.19. The molecule has 3 rings (SSSR count). The normalized spacial score (nSPS) is 26.0. The Morgan fingerprint density at radius 2 is 1.74 bits per heavy atom. The Morgan fingerprint density at radius 1 is 1.06 bits per heavy atom. The van der Waals surface area contributed by atoms with Gasteiger partial charge in [-0.05, 0) is 87.0 Å². The minimum atomic E-state index is -0.397. The van der Waals surface area contributed by atoms with Crippen LogP contribution in [0.2, 0.25) is 0 Å². The van der Waals surface area contributed by atoms with Crippen molar-refractivity contribution in [3.8, 4) is 5.75 Å². The summed E-state index contributed by atoms with van der Waals surface area (Å²) in [6.07, 6.45) is 9.43. The zero-order chi connectivity index (χ0) is 24.6. The van der Waals surface area contributed by atoms with Crippen molar-refractivity contribution < 1.29 is 23.9 Å². The molecular weight excluding hydrogens is 432 g/mol. The minimum Gasteiger partial charge on any atom is -0.463 e. The zero-order valence-electron chi connectivity index (χ0n) is 20.6. The Hall–Kier alpha value is -2.83. The van der Waals surface area contributed by atoms with Crippen LogP contribution < -0.4 is 15.4 Å². The molecule has 0 aromatic heterocycles. The molecule has 2 aliphatic rings. The second-order valence-corrected chi connectivity index (χ2v) is 10.1. The smallest absolute Gasteiger partial charge is 0.330 e. The lowest BCUT2D eigenvalue weighted by Crippen LogP contribution is -2.58. The van der Waals surface area contributed by atoms with E-state index in [9.17, 15) is 14.4 Å². The van der Waals surface area contributed by atoms with Crippen LogP contribution in [0.15, 0.2) is 30.3 Å². The number of ether oxygens (including phenoxy) is 2. The monoisotopic (exact) mass is 470 g/mol. The highest BCUT2D eigenvalue weighted by atomic mass is 16.5. The fraction of sp³-hybridized carbons (Fsp3) is 0.593. The maximum Gasteiger partial charge on any atom is 0.330 e. The summed E-state index contributed by atoms with van der Waals surface area (Å²) < 4.78 is 10.2. The molecule has 2 unspecified atom stereocenters. The van der Waals surface area contributed by atoms with E-state index in [1.54, 1.807) is 37.3 Å². The molecule has 2 saturated carbocycles. The van der Waals surface area contributed by atoms with Crippen molar-refractivity contribution in [1.82, 2.24) is 10.6 Å². The number of hydrogen-bond donors (Lipinski definition) is 2. The van der Waals surface area contributed by atoms with Crippen molar-refractivity contribution >= 4 is 24.0 Å². The molecule has 0 saturated heterocycles. The molecule has 0 heterocycles. The highest BCUT2D eigenvalue weighted by molar-refractivity contribution is 5.87. The summed E-state index contributed by atoms with van der Waals surface area (Å²) in [6.45, 7) is 7.08. The number of hydrogen-bond acceptors (Lipinski definition) is 5. The third-order valence-corrected chi connectivity index (χ3v) is 6.66. The lowest BCUT2D eigenvalue weighted by molar-refractivity contribution is -0.137. The van der Waals surface area contributed by atoms with E-state index in [1.807, 2.05) is 0 Å². The first-order valence-electron chi connectivity index (χ1n) is 12.5. The van der Waals surface area contributed by atoms with Gasteiger partial charge in [-0.15, -0.1) is 0 Å². The van der Waals surface area contributed by atoms with Gasteiger partial charge in [0.1, 0.15) is 5.75 Å². The van der Waals surface area contributed by atoms with Gasteiger partial charge in [0.25, 0.3) is 0 Å². The third kappa shape index (κ3) is 7.89. The molecule has 2 N–H and O–H groups in total. The van der Waals surface area contributed by atoms with E-state index < -0.39 is 5.97 Å². The molecule has 0 spiro atoms. The average Bonchev–Trinajstić information content (AvgIpc) is 2.75. The second-order valence-electron chi connectivity index (χ2n) is 10.1. The maximum atomic E-state index is 12.5.